The fourth-order valence-corrected chi connectivity index (χ4v) is 0.788. The van der Waals surface area contributed by atoms with Crippen LogP contribution in [-0.4, -0.2) is 15.4 Å². The molecule has 10 heavy (non-hydrogen) atoms. The lowest BCUT2D eigenvalue weighted by Gasteiger charge is -1.79. The highest BCUT2D eigenvalue weighted by molar-refractivity contribution is 5.72. The van der Waals surface area contributed by atoms with Gasteiger partial charge >= 0.3 is 0 Å². The van der Waals surface area contributed by atoms with Crippen molar-refractivity contribution in [2.75, 3.05) is 0 Å². The second kappa shape index (κ2) is 2.45. The number of nitrogens with zero attached hydrogens (tertiary/aromatic N) is 3. The van der Waals surface area contributed by atoms with Gasteiger partial charge in [0.05, 0.1) is 5.52 Å². The molecule has 1 N–H and O–H groups in total. The first kappa shape index (κ1) is 6.70. The van der Waals surface area contributed by atoms with Crippen LogP contribution in [0.25, 0.3) is 11.0 Å². The van der Waals surface area contributed by atoms with Gasteiger partial charge in [-0.1, -0.05) is 17.3 Å². The summed E-state index contributed by atoms with van der Waals surface area (Å²) in [5.41, 5.74) is 1.90. The Labute approximate surface area is 57.8 Å². The fraction of sp³-hybridized carbons (Fsp3) is 0. The van der Waals surface area contributed by atoms with Gasteiger partial charge in [-0.3, -0.25) is 5.10 Å². The lowest BCUT2D eigenvalue weighted by molar-refractivity contribution is 0.959. The van der Waals surface area contributed by atoms with Crippen LogP contribution in [0.2, 0.25) is 0 Å². The van der Waals surface area contributed by atoms with Gasteiger partial charge in [0.25, 0.3) is 0 Å². The van der Waals surface area contributed by atoms with Gasteiger partial charge in [-0.05, 0) is 12.1 Å². The zero-order valence-corrected chi connectivity index (χ0v) is 5.15. The maximum absolute atomic E-state index is 3.81. The second-order valence-corrected chi connectivity index (χ2v) is 1.83. The van der Waals surface area contributed by atoms with Crippen molar-refractivity contribution in [3.63, 3.8) is 0 Å². The number of benzene rings is 1. The molecule has 0 aliphatic heterocycles. The summed E-state index contributed by atoms with van der Waals surface area (Å²) in [6.45, 7) is 0. The predicted molar refractivity (Wildman–Crippen MR) is 36.0 cm³/mol. The molecule has 2 rings (SSSR count). The Bertz CT molecular complexity index is 284. The Morgan fingerprint density at radius 1 is 1.20 bits per heavy atom. The molecule has 4 nitrogen and oxygen atoms in total. The smallest absolute Gasteiger partial charge is 0.112 e. The minimum absolute atomic E-state index is 0. The molecule has 0 unspecified atom stereocenters. The monoisotopic (exact) mass is 133 g/mol. The van der Waals surface area contributed by atoms with E-state index in [1.54, 1.807) is 0 Å². The molecule has 0 spiro atoms. The van der Waals surface area contributed by atoms with E-state index in [9.17, 15) is 0 Å². The molecule has 0 saturated heterocycles. The summed E-state index contributed by atoms with van der Waals surface area (Å²) >= 11 is 0. The number of rotatable bonds is 0. The third kappa shape index (κ3) is 0.844. The average Bonchev–Trinajstić information content (AvgIpc) is 2.33. The molecule has 4 heteroatoms. The predicted octanol–water partition coefficient (Wildman–Crippen LogP) is 0.477. The van der Waals surface area contributed by atoms with Crippen LogP contribution >= 0.6 is 0 Å². The van der Waals surface area contributed by atoms with Crippen LogP contribution in [0.3, 0.4) is 0 Å². The minimum atomic E-state index is 0. The van der Waals surface area contributed by atoms with E-state index in [4.69, 9.17) is 0 Å². The second-order valence-electron chi connectivity index (χ2n) is 1.83. The van der Waals surface area contributed by atoms with Crippen LogP contribution in [0.5, 0.6) is 0 Å². The number of nitrogens with one attached hydrogen (secondary N) is 1. The lowest BCUT2D eigenvalue weighted by Crippen LogP contribution is -1.63. The molecule has 0 bridgehead atoms. The quantitative estimate of drug-likeness (QED) is 0.567. The summed E-state index contributed by atoms with van der Waals surface area (Å²) < 4.78 is 0. The topological polar surface area (TPSA) is 72.1 Å². The zero-order valence-electron chi connectivity index (χ0n) is 5.15. The van der Waals surface area contributed by atoms with Crippen molar-refractivity contribution < 1.29 is 0 Å². The van der Waals surface area contributed by atoms with E-state index in [1.165, 1.54) is 0 Å². The van der Waals surface area contributed by atoms with E-state index in [0.717, 1.165) is 11.0 Å². The van der Waals surface area contributed by atoms with Gasteiger partial charge in [-0.15, -0.1) is 5.10 Å². The third-order valence-corrected chi connectivity index (χ3v) is 1.23. The standard InChI is InChI=1S/C6H5N3.N/c1-2-4-6-5(3-1)7-9-8-6;/h1-4H,(H,7,8,9);. The largest absolute Gasteiger partial charge is 0.258 e. The van der Waals surface area contributed by atoms with Crippen LogP contribution in [-0.2, 0) is 0 Å². The highest BCUT2D eigenvalue weighted by atomic mass is 15.3. The summed E-state index contributed by atoms with van der Waals surface area (Å²) in [7, 11) is 0. The summed E-state index contributed by atoms with van der Waals surface area (Å²) in [5.74, 6) is 0. The molecule has 0 fully saturated rings. The molecule has 0 amide bonds. The van der Waals surface area contributed by atoms with E-state index < -0.39 is 0 Å². The minimum Gasteiger partial charge on any atom is -0.258 e. The SMILES string of the molecule is [N].c1ccc2[nH]nnc2c1. The first-order valence-electron chi connectivity index (χ1n) is 2.72. The first-order valence-corrected chi connectivity index (χ1v) is 2.72. The highest BCUT2D eigenvalue weighted by Gasteiger charge is 1.90. The van der Waals surface area contributed by atoms with E-state index in [0.29, 0.717) is 0 Å². The molecule has 1 heterocycles. The Morgan fingerprint density at radius 2 is 2.00 bits per heavy atom. The zero-order chi connectivity index (χ0) is 6.10. The average molecular weight is 133 g/mol. The number of hydrogen-bond acceptors (Lipinski definition) is 2. The first-order chi connectivity index (χ1) is 4.47. The molecular formula is C6H5N4. The van der Waals surface area contributed by atoms with Gasteiger partial charge in [0, 0.05) is 6.15 Å². The van der Waals surface area contributed by atoms with Gasteiger partial charge in [-0.2, -0.15) is 0 Å². The van der Waals surface area contributed by atoms with Gasteiger partial charge in [0.15, 0.2) is 0 Å². The van der Waals surface area contributed by atoms with Crippen molar-refractivity contribution in [1.82, 2.24) is 21.6 Å². The molecule has 1 aromatic heterocycles. The maximum Gasteiger partial charge on any atom is 0.112 e. The van der Waals surface area contributed by atoms with Crippen LogP contribution < -0.4 is 6.15 Å². The van der Waals surface area contributed by atoms with Gasteiger partial charge in [0.2, 0.25) is 0 Å². The Morgan fingerprint density at radius 3 is 2.80 bits per heavy atom. The van der Waals surface area contributed by atoms with Crippen LogP contribution in [0.4, 0.5) is 0 Å². The molecule has 3 radical (unpaired) electrons. The number of hydrogen-bond donors (Lipinski definition) is 1. The highest BCUT2D eigenvalue weighted by Crippen LogP contribution is 2.03. The molecule has 49 valence electrons. The summed E-state index contributed by atoms with van der Waals surface area (Å²) in [4.78, 5) is 0. The maximum atomic E-state index is 3.81. The molecular weight excluding hydrogens is 128 g/mol. The number of fused-ring (bicyclic) bond motifs is 1. The molecule has 1 aromatic carbocycles. The van der Waals surface area contributed by atoms with Crippen molar-refractivity contribution in [2.24, 2.45) is 0 Å². The van der Waals surface area contributed by atoms with Crippen molar-refractivity contribution in [3.8, 4) is 0 Å². The number of H-pyrrole nitrogens is 1. The van der Waals surface area contributed by atoms with Crippen molar-refractivity contribution in [1.29, 1.82) is 0 Å². The van der Waals surface area contributed by atoms with Crippen LogP contribution in [0, 0.1) is 0 Å². The summed E-state index contributed by atoms with van der Waals surface area (Å²) in [5, 5.41) is 10.2. The Balaban J connectivity index is 0.000000500. The molecule has 0 aliphatic rings. The van der Waals surface area contributed by atoms with Crippen molar-refractivity contribution in [2.45, 2.75) is 0 Å². The summed E-state index contributed by atoms with van der Waals surface area (Å²) in [6, 6.07) is 7.74. The van der Waals surface area contributed by atoms with E-state index in [-0.39, 0.29) is 6.15 Å². The van der Waals surface area contributed by atoms with Gasteiger partial charge in [-0.25, -0.2) is 0 Å². The van der Waals surface area contributed by atoms with Crippen LogP contribution in [0.15, 0.2) is 24.3 Å². The number of para-hydroxylation sites is 1. The number of aromatic nitrogens is 3. The van der Waals surface area contributed by atoms with Crippen LogP contribution in [0.1, 0.15) is 0 Å². The molecule has 0 atom stereocenters. The van der Waals surface area contributed by atoms with Gasteiger partial charge in [0.1, 0.15) is 5.52 Å². The van der Waals surface area contributed by atoms with E-state index in [2.05, 4.69) is 15.4 Å². The Hall–Kier alpha value is -1.42. The fourth-order valence-electron chi connectivity index (χ4n) is 0.788. The number of aromatic amines is 1. The van der Waals surface area contributed by atoms with E-state index >= 15 is 0 Å². The summed E-state index contributed by atoms with van der Waals surface area (Å²) in [6.07, 6.45) is 0. The molecule has 2 aromatic rings. The van der Waals surface area contributed by atoms with Crippen molar-refractivity contribution in [3.05, 3.63) is 24.3 Å². The van der Waals surface area contributed by atoms with Gasteiger partial charge < -0.3 is 0 Å². The van der Waals surface area contributed by atoms with E-state index in [1.807, 2.05) is 24.3 Å². The Kier molecular flexibility index (Phi) is 1.64. The molecule has 0 saturated carbocycles. The van der Waals surface area contributed by atoms with Crippen molar-refractivity contribution >= 4 is 11.0 Å². The normalized spacial score (nSPS) is 9.20. The lowest BCUT2D eigenvalue weighted by atomic mass is 10.3. The molecule has 0 aliphatic carbocycles. The third-order valence-electron chi connectivity index (χ3n) is 1.23.